The second-order valence-corrected chi connectivity index (χ2v) is 35.8. The van der Waals surface area contributed by atoms with Crippen LogP contribution in [0.1, 0.15) is 63.5 Å². The van der Waals surface area contributed by atoms with Gasteiger partial charge in [0.25, 0.3) is 5.16 Å². The Morgan fingerprint density at radius 3 is 1.54 bits per heavy atom. The molecule has 80 heavy (non-hydrogen) atoms. The number of hydrogen-bond donors (Lipinski definition) is 2. The van der Waals surface area contributed by atoms with Crippen molar-refractivity contribution in [3.63, 3.8) is 0 Å². The van der Waals surface area contributed by atoms with Gasteiger partial charge in [-0.1, -0.05) is 78.7 Å². The van der Waals surface area contributed by atoms with Gasteiger partial charge in [0.1, 0.15) is 25.1 Å². The number of carbonyl (C=O) groups excluding carboxylic acids is 2. The number of pyridine rings is 2. The minimum Gasteiger partial charge on any atom is -0.481 e. The van der Waals surface area contributed by atoms with Crippen molar-refractivity contribution in [2.24, 2.45) is 0 Å². The Balaban J connectivity index is 0.000000294. The highest BCUT2D eigenvalue weighted by molar-refractivity contribution is 7.99. The molecule has 0 atom stereocenters. The normalized spacial score (nSPS) is 11.8. The molecule has 0 aliphatic carbocycles. The fourth-order valence-corrected chi connectivity index (χ4v) is 10.8. The third-order valence-corrected chi connectivity index (χ3v) is 17.8. The number of nitrogens with one attached hydrogen (secondary N) is 2. The lowest BCUT2D eigenvalue weighted by Crippen LogP contribution is -2.22. The summed E-state index contributed by atoms with van der Waals surface area (Å²) in [4.78, 5) is 40.5. The smallest absolute Gasteiger partial charge is 0.306 e. The summed E-state index contributed by atoms with van der Waals surface area (Å²) in [6.07, 6.45) is 3.09. The van der Waals surface area contributed by atoms with E-state index in [-0.39, 0.29) is 55.9 Å². The molecule has 20 nitrogen and oxygen atoms in total. The summed E-state index contributed by atoms with van der Waals surface area (Å²) in [6.45, 7) is 22.7. The molecule has 436 valence electrons. The Kier molecular flexibility index (Phi) is 23.7. The molecule has 0 spiro atoms. The van der Waals surface area contributed by atoms with E-state index in [2.05, 4.69) is 79.8 Å². The fraction of sp³-hybridized carbons (Fsp3) is 0.481. The maximum absolute atomic E-state index is 14.9. The number of benzene rings is 2. The van der Waals surface area contributed by atoms with Crippen LogP contribution in [-0.4, -0.2) is 129 Å². The van der Waals surface area contributed by atoms with E-state index in [0.29, 0.717) is 75.5 Å². The first-order valence-corrected chi connectivity index (χ1v) is 36.1. The van der Waals surface area contributed by atoms with Gasteiger partial charge < -0.3 is 39.1 Å². The van der Waals surface area contributed by atoms with Crippen LogP contribution in [0.15, 0.2) is 71.2 Å². The largest absolute Gasteiger partial charge is 0.481 e. The SMILES string of the molecule is COC(=O)CCS(=O)(=O)c1nc(Nc2c(-c3ccnc(OC)c3)cc(F)cc2C(C)C)n(COCC[Si](C)(C)C)n1.COC(=O)CCSc1nc(Nc2c(-c3ccnc(OC)c3)cc(F)cc2C(C)C)n(COCC[Si](C)(C)C)n1. The highest BCUT2D eigenvalue weighted by atomic mass is 32.2. The van der Waals surface area contributed by atoms with Crippen LogP contribution >= 0.6 is 11.8 Å². The van der Waals surface area contributed by atoms with E-state index in [4.69, 9.17) is 28.7 Å². The van der Waals surface area contributed by atoms with Gasteiger partial charge in [-0.25, -0.2) is 36.5 Å². The molecule has 0 fully saturated rings. The number of thioether (sulfide) groups is 1. The predicted molar refractivity (Wildman–Crippen MR) is 311 cm³/mol. The van der Waals surface area contributed by atoms with Gasteiger partial charge in [0.05, 0.1) is 58.4 Å². The van der Waals surface area contributed by atoms with Crippen LogP contribution in [0, 0.1) is 11.6 Å². The van der Waals surface area contributed by atoms with Gasteiger partial charge in [-0.15, -0.1) is 10.2 Å². The van der Waals surface area contributed by atoms with Crippen molar-refractivity contribution < 1.29 is 55.2 Å². The van der Waals surface area contributed by atoms with Crippen LogP contribution in [-0.2, 0) is 51.8 Å². The monoisotopic (exact) mass is 1180 g/mol. The van der Waals surface area contributed by atoms with Crippen LogP contribution in [0.2, 0.25) is 51.4 Å². The molecule has 0 aliphatic heterocycles. The fourth-order valence-electron chi connectivity index (χ4n) is 7.50. The van der Waals surface area contributed by atoms with Gasteiger partial charge in [-0.05, 0) is 82.6 Å². The molecule has 0 saturated heterocycles. The Morgan fingerprint density at radius 1 is 0.650 bits per heavy atom. The topological polar surface area (TPSA) is 235 Å². The van der Waals surface area contributed by atoms with E-state index in [1.54, 1.807) is 42.4 Å². The molecule has 0 radical (unpaired) electrons. The summed E-state index contributed by atoms with van der Waals surface area (Å²) in [6, 6.07) is 14.7. The number of rotatable bonds is 28. The van der Waals surface area contributed by atoms with E-state index in [0.717, 1.165) is 23.2 Å². The number of aromatic nitrogens is 8. The van der Waals surface area contributed by atoms with Gasteiger partial charge in [-0.2, -0.15) is 9.97 Å². The summed E-state index contributed by atoms with van der Waals surface area (Å²) in [5.41, 5.74) is 5.17. The molecule has 6 rings (SSSR count). The molecule has 0 amide bonds. The highest BCUT2D eigenvalue weighted by Crippen LogP contribution is 2.40. The molecule has 26 heteroatoms. The van der Waals surface area contributed by atoms with E-state index < -0.39 is 48.7 Å². The average molecular weight is 1180 g/mol. The number of methoxy groups -OCH3 is 4. The van der Waals surface area contributed by atoms with E-state index >= 15 is 0 Å². The van der Waals surface area contributed by atoms with Gasteiger partial charge >= 0.3 is 11.9 Å². The quantitative estimate of drug-likeness (QED) is 0.0201. The lowest BCUT2D eigenvalue weighted by Gasteiger charge is -2.20. The molecule has 4 heterocycles. The standard InChI is InChI=1S/C27H38FN5O6SSi.C27H38FN5O4SSi/c1-18(2)21-15-20(28)16-22(19-8-10-29-23(14-19)37-3)25(21)30-26-31-27(40(35,36)12-9-24(34)38-4)32-33(26)17-39-11-13-41(5,6)7;1-18(2)21-15-20(28)16-22(19-8-10-29-23(14-19)35-3)25(21)30-26-31-27(38-12-9-24(34)36-4)32-33(26)17-37-11-13-39(5,6)7/h8,10,14-16,18H,9,11-13,17H2,1-7H3,(H,30,31,32);8,10,14-16,18H,9,11-13,17H2,1-7H3,(H,30,31,32). The minimum atomic E-state index is -4.04. The number of carbonyl (C=O) groups is 2. The second kappa shape index (κ2) is 29.4. The molecular formula is C54H76F2N10O10S2Si2. The Morgan fingerprint density at radius 2 is 1.10 bits per heavy atom. The minimum absolute atomic E-state index is 0.0175. The van der Waals surface area contributed by atoms with Crippen molar-refractivity contribution in [3.05, 3.63) is 83.7 Å². The molecule has 6 aromatic rings. The zero-order valence-electron chi connectivity index (χ0n) is 48.2. The Hall–Kier alpha value is -6.33. The molecule has 0 aliphatic rings. The Labute approximate surface area is 474 Å². The molecule has 0 saturated carbocycles. The van der Waals surface area contributed by atoms with Crippen LogP contribution in [0.5, 0.6) is 11.8 Å². The zero-order chi connectivity index (χ0) is 59.0. The maximum atomic E-state index is 14.9. The molecule has 0 unspecified atom stereocenters. The number of halogens is 2. The third kappa shape index (κ3) is 19.4. The van der Waals surface area contributed by atoms with Gasteiger partial charge in [0.15, 0.2) is 0 Å². The third-order valence-electron chi connectivity index (χ3n) is 12.1. The second-order valence-electron chi connectivity index (χ2n) is 21.5. The average Bonchev–Trinajstić information content (AvgIpc) is 4.07. The number of anilines is 4. The first-order chi connectivity index (χ1) is 37.7. The van der Waals surface area contributed by atoms with Crippen molar-refractivity contribution in [2.75, 3.05) is 63.8 Å². The van der Waals surface area contributed by atoms with Crippen molar-refractivity contribution in [1.29, 1.82) is 0 Å². The van der Waals surface area contributed by atoms with Crippen molar-refractivity contribution in [2.45, 2.75) is 128 Å². The number of hydrogen-bond acceptors (Lipinski definition) is 19. The summed E-state index contributed by atoms with van der Waals surface area (Å²) in [5, 5.41) is 15.5. The van der Waals surface area contributed by atoms with E-state index in [1.165, 1.54) is 62.0 Å². The van der Waals surface area contributed by atoms with E-state index in [1.807, 2.05) is 33.8 Å². The Bertz CT molecular complexity index is 3150. The van der Waals surface area contributed by atoms with Crippen LogP contribution in [0.4, 0.5) is 32.1 Å². The molecule has 4 aromatic heterocycles. The lowest BCUT2D eigenvalue weighted by molar-refractivity contribution is -0.141. The van der Waals surface area contributed by atoms with Crippen molar-refractivity contribution >= 4 is 73.0 Å². The van der Waals surface area contributed by atoms with Crippen LogP contribution in [0.3, 0.4) is 0 Å². The summed E-state index contributed by atoms with van der Waals surface area (Å²) in [5.74, 6) is -0.544. The molecule has 0 bridgehead atoms. The zero-order valence-corrected chi connectivity index (χ0v) is 51.9. The summed E-state index contributed by atoms with van der Waals surface area (Å²) >= 11 is 1.35. The number of ether oxygens (including phenoxy) is 6. The van der Waals surface area contributed by atoms with Gasteiger partial charge in [-0.3, -0.25) is 9.59 Å². The molecule has 2 aromatic carbocycles. The lowest BCUT2D eigenvalue weighted by atomic mass is 9.94. The summed E-state index contributed by atoms with van der Waals surface area (Å²) < 4.78 is 90.4. The highest BCUT2D eigenvalue weighted by Gasteiger charge is 2.27. The van der Waals surface area contributed by atoms with Gasteiger partial charge in [0.2, 0.25) is 38.7 Å². The van der Waals surface area contributed by atoms with Crippen LogP contribution in [0.25, 0.3) is 22.3 Å². The van der Waals surface area contributed by atoms with Crippen LogP contribution < -0.4 is 20.1 Å². The predicted octanol–water partition coefficient (Wildman–Crippen LogP) is 11.3. The van der Waals surface area contributed by atoms with Crippen molar-refractivity contribution in [1.82, 2.24) is 39.5 Å². The first-order valence-electron chi connectivity index (χ1n) is 26.0. The number of esters is 2. The summed E-state index contributed by atoms with van der Waals surface area (Å²) in [7, 11) is -1.09. The number of sulfone groups is 1. The van der Waals surface area contributed by atoms with E-state index in [9.17, 15) is 26.8 Å². The molecular weight excluding hydrogens is 1110 g/mol. The van der Waals surface area contributed by atoms with Crippen molar-refractivity contribution in [3.8, 4) is 34.0 Å². The molecule has 2 N–H and O–H groups in total. The number of nitrogens with zero attached hydrogens (tertiary/aromatic N) is 8. The first kappa shape index (κ1) is 64.5. The van der Waals surface area contributed by atoms with Gasteiger partial charge in [0, 0.05) is 70.8 Å². The maximum Gasteiger partial charge on any atom is 0.306 e.